The van der Waals surface area contributed by atoms with Gasteiger partial charge in [-0.3, -0.25) is 4.79 Å². The molecule has 39 heavy (non-hydrogen) atoms. The van der Waals surface area contributed by atoms with Gasteiger partial charge >= 0.3 is 5.97 Å². The van der Waals surface area contributed by atoms with Crippen molar-refractivity contribution in [3.63, 3.8) is 0 Å². The van der Waals surface area contributed by atoms with E-state index in [0.717, 1.165) is 57.8 Å². The number of carboxylic acid groups (broad SMARTS) is 1. The average Bonchev–Trinajstić information content (AvgIpc) is 3.10. The Morgan fingerprint density at radius 3 is 2.44 bits per heavy atom. The lowest BCUT2D eigenvalue weighted by Gasteiger charge is -2.67. The number of aliphatic hydroxyl groups is 3. The monoisotopic (exact) mass is 552 g/mol. The van der Waals surface area contributed by atoms with Crippen molar-refractivity contribution in [1.82, 2.24) is 0 Å². The van der Waals surface area contributed by atoms with Crippen LogP contribution in [0.2, 0.25) is 0 Å². The number of fused-ring (bicyclic) bond motifs is 3. The van der Waals surface area contributed by atoms with Crippen LogP contribution in [0.3, 0.4) is 0 Å². The first kappa shape index (κ1) is 28.3. The minimum absolute atomic E-state index is 0.0330. The van der Waals surface area contributed by atoms with E-state index < -0.39 is 42.8 Å². The van der Waals surface area contributed by atoms with Gasteiger partial charge in [-0.25, -0.2) is 0 Å². The number of aliphatic carboxylic acids is 1. The second-order valence-corrected chi connectivity index (χ2v) is 14.1. The van der Waals surface area contributed by atoms with Gasteiger partial charge in [0.2, 0.25) is 0 Å². The third-order valence-corrected chi connectivity index (χ3v) is 12.8. The molecule has 2 heterocycles. The van der Waals surface area contributed by atoms with Crippen LogP contribution in [0.25, 0.3) is 0 Å². The Morgan fingerprint density at radius 1 is 0.974 bits per heavy atom. The van der Waals surface area contributed by atoms with E-state index >= 15 is 0 Å². The fraction of sp³-hybridized carbons (Fsp3) is 0.966. The Balaban J connectivity index is 1.17. The maximum absolute atomic E-state index is 11.6. The summed E-state index contributed by atoms with van der Waals surface area (Å²) in [4.78, 5) is 11.6. The summed E-state index contributed by atoms with van der Waals surface area (Å²) in [5.41, 5.74) is 12.4. The highest BCUT2D eigenvalue weighted by Crippen LogP contribution is 2.73. The summed E-state index contributed by atoms with van der Waals surface area (Å²) in [6.07, 6.45) is 4.36. The van der Waals surface area contributed by atoms with E-state index in [0.29, 0.717) is 23.7 Å². The summed E-state index contributed by atoms with van der Waals surface area (Å²) in [7, 11) is 0. The van der Waals surface area contributed by atoms with Crippen molar-refractivity contribution in [3.05, 3.63) is 0 Å². The van der Waals surface area contributed by atoms with Gasteiger partial charge in [-0.1, -0.05) is 13.8 Å². The van der Waals surface area contributed by atoms with Gasteiger partial charge in [0, 0.05) is 11.3 Å². The molecule has 8 N–H and O–H groups in total. The second-order valence-electron chi connectivity index (χ2n) is 14.1. The summed E-state index contributed by atoms with van der Waals surface area (Å²) in [6.45, 7) is 4.42. The molecule has 4 aliphatic carbocycles. The zero-order valence-corrected chi connectivity index (χ0v) is 23.3. The number of hydrogen-bond donors (Lipinski definition) is 6. The smallest absolute Gasteiger partial charge is 0.303 e. The number of ether oxygens (including phenoxy) is 3. The van der Waals surface area contributed by atoms with Crippen molar-refractivity contribution < 1.29 is 39.4 Å². The minimum atomic E-state index is -1.16. The van der Waals surface area contributed by atoms with E-state index in [4.69, 9.17) is 25.7 Å². The Bertz CT molecular complexity index is 952. The summed E-state index contributed by atoms with van der Waals surface area (Å²) in [6, 6.07) is -0.937. The highest BCUT2D eigenvalue weighted by Gasteiger charge is 2.72. The maximum atomic E-state index is 11.6. The molecule has 6 rings (SSSR count). The third kappa shape index (κ3) is 4.07. The van der Waals surface area contributed by atoms with Gasteiger partial charge in [-0.05, 0) is 86.9 Å². The van der Waals surface area contributed by atoms with Gasteiger partial charge in [0.1, 0.15) is 24.5 Å². The fourth-order valence-corrected chi connectivity index (χ4v) is 10.7. The molecule has 0 amide bonds. The third-order valence-electron chi connectivity index (χ3n) is 12.8. The molecule has 4 saturated carbocycles. The predicted octanol–water partition coefficient (Wildman–Crippen LogP) is 1.33. The molecule has 10 heteroatoms. The number of aliphatic hydroxyl groups excluding tert-OH is 3. The zero-order valence-electron chi connectivity index (χ0n) is 23.3. The first-order valence-corrected chi connectivity index (χ1v) is 15.1. The molecule has 2 saturated heterocycles. The van der Waals surface area contributed by atoms with Crippen molar-refractivity contribution in [1.29, 1.82) is 0 Å². The van der Waals surface area contributed by atoms with Crippen LogP contribution in [0.15, 0.2) is 0 Å². The lowest BCUT2D eigenvalue weighted by molar-refractivity contribution is -0.303. The molecule has 0 radical (unpaired) electrons. The average molecular weight is 553 g/mol. The molecular formula is C29H48N2O8. The molecule has 0 aromatic heterocycles. The molecule has 2 aliphatic heterocycles. The molecule has 6 aliphatic rings. The van der Waals surface area contributed by atoms with Crippen molar-refractivity contribution in [2.45, 2.75) is 127 Å². The Kier molecular flexibility index (Phi) is 7.15. The molecule has 0 aromatic rings. The summed E-state index contributed by atoms with van der Waals surface area (Å²) in [5.74, 6) is 0.787. The van der Waals surface area contributed by atoms with E-state index in [1.165, 1.54) is 0 Å². The maximum Gasteiger partial charge on any atom is 0.303 e. The lowest BCUT2D eigenvalue weighted by Crippen LogP contribution is -2.68. The van der Waals surface area contributed by atoms with Crippen LogP contribution in [0.4, 0.5) is 0 Å². The van der Waals surface area contributed by atoms with Crippen LogP contribution < -0.4 is 11.5 Å². The quantitative estimate of drug-likeness (QED) is 0.273. The summed E-state index contributed by atoms with van der Waals surface area (Å²) < 4.78 is 18.8. The van der Waals surface area contributed by atoms with Gasteiger partial charge in [0.25, 0.3) is 0 Å². The topological polar surface area (TPSA) is 178 Å². The molecular weight excluding hydrogens is 504 g/mol. The lowest BCUT2D eigenvalue weighted by atomic mass is 9.42. The molecule has 6 fully saturated rings. The van der Waals surface area contributed by atoms with Gasteiger partial charge in [0.15, 0.2) is 6.29 Å². The number of rotatable bonds is 5. The summed E-state index contributed by atoms with van der Waals surface area (Å²) >= 11 is 0. The van der Waals surface area contributed by atoms with Crippen LogP contribution in [-0.4, -0.2) is 81.6 Å². The molecule has 0 unspecified atom stereocenters. The predicted molar refractivity (Wildman–Crippen MR) is 140 cm³/mol. The largest absolute Gasteiger partial charge is 0.481 e. The van der Waals surface area contributed by atoms with E-state index in [2.05, 4.69) is 13.8 Å². The molecule has 2 bridgehead atoms. The normalized spacial score (nSPS) is 56.8. The summed E-state index contributed by atoms with van der Waals surface area (Å²) in [5, 5.41) is 39.9. The molecule has 10 nitrogen and oxygen atoms in total. The zero-order chi connectivity index (χ0) is 27.9. The van der Waals surface area contributed by atoms with Gasteiger partial charge in [-0.2, -0.15) is 0 Å². The van der Waals surface area contributed by atoms with E-state index in [-0.39, 0.29) is 41.5 Å². The van der Waals surface area contributed by atoms with Crippen molar-refractivity contribution >= 4 is 5.97 Å². The number of hydrogen-bond acceptors (Lipinski definition) is 9. The Labute approximate surface area is 230 Å². The first-order valence-electron chi connectivity index (χ1n) is 15.1. The fourth-order valence-electron chi connectivity index (χ4n) is 10.7. The highest BCUT2D eigenvalue weighted by atomic mass is 16.7. The second kappa shape index (κ2) is 9.87. The van der Waals surface area contributed by atoms with Crippen LogP contribution in [0.1, 0.15) is 78.1 Å². The van der Waals surface area contributed by atoms with Crippen molar-refractivity contribution in [2.24, 2.45) is 51.9 Å². The van der Waals surface area contributed by atoms with Gasteiger partial charge in [0.05, 0.1) is 30.8 Å². The SMILES string of the molecule is C[C@]12CC[C@H](O[C@H]3O[C@@H](CO)[C@H](O)[C@@H](N)[C@@H]3O)C[C@H]1CC[C@@H]1[C@@H]2CC[C@]2(C)[C@@H]3CC[C@]12O[C@H](N)[C@@H]3CC(=O)O. The molecule has 15 atom stereocenters. The number of nitrogens with two attached hydrogens (primary N) is 2. The molecule has 0 aromatic carbocycles. The van der Waals surface area contributed by atoms with Crippen LogP contribution in [0, 0.1) is 40.4 Å². The Hall–Kier alpha value is -0.850. The highest BCUT2D eigenvalue weighted by molar-refractivity contribution is 5.67. The van der Waals surface area contributed by atoms with Crippen molar-refractivity contribution in [3.8, 4) is 0 Å². The standard InChI is InChI=1S/C29H48N2O8/c1-27-8-5-15(37-26-24(36)22(30)23(35)20(13-32)38-26)11-14(27)3-4-19-18(27)6-9-28(2)17-7-10-29(19,28)39-25(31)16(17)12-21(33)34/h14-20,22-26,32,35-36H,3-13,30-31H2,1-2H3,(H,33,34)/t14-,15+,16-,17-,18+,19-,20+,22-,23+,24+,25+,26+,27+,28-,29+/m1/s1. The van der Waals surface area contributed by atoms with E-state index in [9.17, 15) is 25.2 Å². The first-order chi connectivity index (χ1) is 18.4. The van der Waals surface area contributed by atoms with Crippen LogP contribution in [0.5, 0.6) is 0 Å². The van der Waals surface area contributed by atoms with Crippen LogP contribution in [-0.2, 0) is 19.0 Å². The Morgan fingerprint density at radius 2 is 1.72 bits per heavy atom. The van der Waals surface area contributed by atoms with E-state index in [1.54, 1.807) is 0 Å². The molecule has 222 valence electrons. The number of carbonyl (C=O) groups is 1. The number of carboxylic acids is 1. The van der Waals surface area contributed by atoms with Gasteiger partial charge in [-0.15, -0.1) is 0 Å². The van der Waals surface area contributed by atoms with Crippen LogP contribution >= 0.6 is 0 Å². The van der Waals surface area contributed by atoms with E-state index in [1.807, 2.05) is 0 Å². The van der Waals surface area contributed by atoms with Gasteiger partial charge < -0.3 is 46.1 Å². The van der Waals surface area contributed by atoms with Crippen molar-refractivity contribution in [2.75, 3.05) is 6.61 Å². The minimum Gasteiger partial charge on any atom is -0.481 e. The molecule has 0 spiro atoms.